The minimum Gasteiger partial charge on any atom is -0.481 e. The van der Waals surface area contributed by atoms with Gasteiger partial charge in [-0.2, -0.15) is 0 Å². The van der Waals surface area contributed by atoms with Gasteiger partial charge in [0.05, 0.1) is 16.1 Å². The molecule has 2 N–H and O–H groups in total. The second kappa shape index (κ2) is 5.07. The third-order valence-electron chi connectivity index (χ3n) is 5.19. The Morgan fingerprint density at radius 2 is 2.25 bits per heavy atom. The number of nitrogens with one attached hydrogen (secondary N) is 1. The standard InChI is InChI=1S/C16H17N3O4S/c1-2-18-7-16(15(22)23)8-19(6-9(16)13(18)20)14(21)11-5-12-10(17-11)3-4-24-12/h3-5,9,17H,2,6-8H2,1H3,(H,22,23)/t9-,16+/m1/s1. The molecule has 2 aliphatic rings. The fourth-order valence-electron chi connectivity index (χ4n) is 3.86. The zero-order valence-corrected chi connectivity index (χ0v) is 13.9. The molecule has 2 amide bonds. The third kappa shape index (κ3) is 1.92. The van der Waals surface area contributed by atoms with E-state index in [2.05, 4.69) is 4.98 Å². The lowest BCUT2D eigenvalue weighted by molar-refractivity contribution is -0.149. The van der Waals surface area contributed by atoms with Gasteiger partial charge in [0, 0.05) is 26.2 Å². The van der Waals surface area contributed by atoms with Gasteiger partial charge in [0.2, 0.25) is 5.91 Å². The lowest BCUT2D eigenvalue weighted by Gasteiger charge is -2.24. The molecule has 0 aromatic carbocycles. The van der Waals surface area contributed by atoms with Crippen LogP contribution in [0.1, 0.15) is 17.4 Å². The third-order valence-corrected chi connectivity index (χ3v) is 6.05. The molecule has 7 nitrogen and oxygen atoms in total. The molecule has 2 aromatic rings. The zero-order chi connectivity index (χ0) is 17.1. The average molecular weight is 347 g/mol. The van der Waals surface area contributed by atoms with E-state index in [1.807, 2.05) is 18.4 Å². The van der Waals surface area contributed by atoms with E-state index in [9.17, 15) is 19.5 Å². The first-order chi connectivity index (χ1) is 11.5. The molecule has 2 fully saturated rings. The summed E-state index contributed by atoms with van der Waals surface area (Å²) in [5.41, 5.74) is 0.147. The van der Waals surface area contributed by atoms with Crippen LogP contribution < -0.4 is 0 Å². The van der Waals surface area contributed by atoms with Crippen LogP contribution in [-0.4, -0.2) is 63.9 Å². The maximum absolute atomic E-state index is 12.7. The number of thiophene rings is 1. The van der Waals surface area contributed by atoms with Gasteiger partial charge < -0.3 is 19.9 Å². The van der Waals surface area contributed by atoms with Crippen LogP contribution in [0.4, 0.5) is 0 Å². The van der Waals surface area contributed by atoms with Crippen LogP contribution in [0.3, 0.4) is 0 Å². The van der Waals surface area contributed by atoms with Crippen molar-refractivity contribution >= 4 is 39.3 Å². The SMILES string of the molecule is CCN1C[C@]2(C(=O)O)CN(C(=O)c3cc4sccc4[nH]3)C[C@@H]2C1=O. The highest BCUT2D eigenvalue weighted by molar-refractivity contribution is 7.17. The number of H-pyrrole nitrogens is 1. The van der Waals surface area contributed by atoms with E-state index in [1.54, 1.807) is 11.0 Å². The number of fused-ring (bicyclic) bond motifs is 2. The topological polar surface area (TPSA) is 93.7 Å². The normalized spacial score (nSPS) is 26.4. The highest BCUT2D eigenvalue weighted by Crippen LogP contribution is 2.44. The minimum atomic E-state index is -1.19. The summed E-state index contributed by atoms with van der Waals surface area (Å²) in [4.78, 5) is 43.2. The number of carboxylic acid groups (broad SMARTS) is 1. The Morgan fingerprint density at radius 1 is 1.46 bits per heavy atom. The largest absolute Gasteiger partial charge is 0.481 e. The maximum Gasteiger partial charge on any atom is 0.314 e. The minimum absolute atomic E-state index is 0.0702. The number of carbonyl (C=O) groups is 3. The van der Waals surface area contributed by atoms with E-state index < -0.39 is 17.3 Å². The van der Waals surface area contributed by atoms with Gasteiger partial charge in [-0.05, 0) is 24.4 Å². The van der Waals surface area contributed by atoms with E-state index in [-0.39, 0.29) is 31.4 Å². The van der Waals surface area contributed by atoms with Gasteiger partial charge >= 0.3 is 5.97 Å². The van der Waals surface area contributed by atoms with Crippen LogP contribution in [0.25, 0.3) is 10.2 Å². The quantitative estimate of drug-likeness (QED) is 0.873. The summed E-state index contributed by atoms with van der Waals surface area (Å²) in [6.45, 7) is 2.73. The number of nitrogens with zero attached hydrogens (tertiary/aromatic N) is 2. The highest BCUT2D eigenvalue weighted by atomic mass is 32.1. The average Bonchev–Trinajstić information content (AvgIpc) is 3.26. The van der Waals surface area contributed by atoms with Crippen molar-refractivity contribution in [2.75, 3.05) is 26.2 Å². The van der Waals surface area contributed by atoms with Gasteiger partial charge in [-0.3, -0.25) is 14.4 Å². The van der Waals surface area contributed by atoms with Crippen molar-refractivity contribution in [1.82, 2.24) is 14.8 Å². The van der Waals surface area contributed by atoms with Crippen molar-refractivity contribution in [3.8, 4) is 0 Å². The van der Waals surface area contributed by atoms with Crippen molar-refractivity contribution < 1.29 is 19.5 Å². The summed E-state index contributed by atoms with van der Waals surface area (Å²) in [5.74, 6) is -2.07. The summed E-state index contributed by atoms with van der Waals surface area (Å²) in [5, 5.41) is 11.7. The molecule has 8 heteroatoms. The summed E-state index contributed by atoms with van der Waals surface area (Å²) in [6.07, 6.45) is 0. The first kappa shape index (κ1) is 15.2. The number of amides is 2. The van der Waals surface area contributed by atoms with Crippen LogP contribution in [0, 0.1) is 11.3 Å². The summed E-state index contributed by atoms with van der Waals surface area (Å²) in [7, 11) is 0. The number of aliphatic carboxylic acids is 1. The molecule has 126 valence electrons. The van der Waals surface area contributed by atoms with Gasteiger partial charge in [0.25, 0.3) is 5.91 Å². The summed E-state index contributed by atoms with van der Waals surface area (Å²) < 4.78 is 0.985. The first-order valence-electron chi connectivity index (χ1n) is 7.84. The van der Waals surface area contributed by atoms with E-state index >= 15 is 0 Å². The Labute approximate surface area is 141 Å². The number of hydrogen-bond acceptors (Lipinski definition) is 4. The number of hydrogen-bond donors (Lipinski definition) is 2. The fourth-order valence-corrected chi connectivity index (χ4v) is 4.65. The molecule has 0 spiro atoms. The van der Waals surface area contributed by atoms with Crippen molar-refractivity contribution in [3.05, 3.63) is 23.2 Å². The Bertz CT molecular complexity index is 828. The Hall–Kier alpha value is -2.35. The molecule has 0 aliphatic carbocycles. The number of aromatic nitrogens is 1. The molecular weight excluding hydrogens is 330 g/mol. The van der Waals surface area contributed by atoms with Crippen molar-refractivity contribution in [2.45, 2.75) is 6.92 Å². The number of aromatic amines is 1. The lowest BCUT2D eigenvalue weighted by atomic mass is 9.81. The van der Waals surface area contributed by atoms with Crippen molar-refractivity contribution in [2.24, 2.45) is 11.3 Å². The molecule has 0 saturated carbocycles. The Morgan fingerprint density at radius 3 is 2.88 bits per heavy atom. The maximum atomic E-state index is 12.7. The Balaban J connectivity index is 1.63. The molecule has 24 heavy (non-hydrogen) atoms. The Kier molecular flexibility index (Phi) is 3.21. The molecule has 2 atom stereocenters. The monoisotopic (exact) mass is 347 g/mol. The number of rotatable bonds is 3. The van der Waals surface area contributed by atoms with Crippen molar-refractivity contribution in [1.29, 1.82) is 0 Å². The fraction of sp³-hybridized carbons (Fsp3) is 0.438. The van der Waals surface area contributed by atoms with Crippen LogP contribution in [0.5, 0.6) is 0 Å². The van der Waals surface area contributed by atoms with Gasteiger partial charge in [0.1, 0.15) is 11.1 Å². The molecule has 2 aliphatic heterocycles. The summed E-state index contributed by atoms with van der Waals surface area (Å²) in [6, 6.07) is 3.68. The van der Waals surface area contributed by atoms with Gasteiger partial charge in [0.15, 0.2) is 0 Å². The molecule has 4 rings (SSSR count). The molecule has 0 bridgehead atoms. The van der Waals surface area contributed by atoms with E-state index in [0.717, 1.165) is 10.2 Å². The van der Waals surface area contributed by atoms with Crippen LogP contribution >= 0.6 is 11.3 Å². The predicted octanol–water partition coefficient (Wildman–Crippen LogP) is 1.23. The smallest absolute Gasteiger partial charge is 0.314 e. The van der Waals surface area contributed by atoms with Crippen LogP contribution in [0.2, 0.25) is 0 Å². The molecule has 0 radical (unpaired) electrons. The van der Waals surface area contributed by atoms with Crippen LogP contribution in [0.15, 0.2) is 17.5 Å². The highest BCUT2D eigenvalue weighted by Gasteiger charge is 2.62. The lowest BCUT2D eigenvalue weighted by Crippen LogP contribution is -2.42. The van der Waals surface area contributed by atoms with E-state index in [1.165, 1.54) is 16.2 Å². The van der Waals surface area contributed by atoms with E-state index in [0.29, 0.717) is 12.2 Å². The second-order valence-electron chi connectivity index (χ2n) is 6.43. The molecule has 0 unspecified atom stereocenters. The second-order valence-corrected chi connectivity index (χ2v) is 7.38. The van der Waals surface area contributed by atoms with Gasteiger partial charge in [-0.25, -0.2) is 0 Å². The molecule has 2 saturated heterocycles. The first-order valence-corrected chi connectivity index (χ1v) is 8.72. The number of carbonyl (C=O) groups excluding carboxylic acids is 2. The number of likely N-dealkylation sites (tertiary alicyclic amines) is 2. The van der Waals surface area contributed by atoms with Crippen LogP contribution in [-0.2, 0) is 9.59 Å². The molecule has 2 aromatic heterocycles. The zero-order valence-electron chi connectivity index (χ0n) is 13.1. The van der Waals surface area contributed by atoms with E-state index in [4.69, 9.17) is 0 Å². The summed E-state index contributed by atoms with van der Waals surface area (Å²) >= 11 is 1.54. The van der Waals surface area contributed by atoms with Gasteiger partial charge in [-0.1, -0.05) is 0 Å². The van der Waals surface area contributed by atoms with Gasteiger partial charge in [-0.15, -0.1) is 11.3 Å². The predicted molar refractivity (Wildman–Crippen MR) is 87.9 cm³/mol. The number of carboxylic acids is 1. The van der Waals surface area contributed by atoms with Crippen molar-refractivity contribution in [3.63, 3.8) is 0 Å². The molecule has 4 heterocycles. The molecular formula is C16H17N3O4S.